The van der Waals surface area contributed by atoms with Crippen molar-refractivity contribution in [3.8, 4) is 0 Å². The first-order valence-corrected chi connectivity index (χ1v) is 7.56. The van der Waals surface area contributed by atoms with Gasteiger partial charge in [0.15, 0.2) is 9.84 Å². The molecule has 2 fully saturated rings. The van der Waals surface area contributed by atoms with Crippen molar-refractivity contribution in [2.24, 2.45) is 0 Å². The fourth-order valence-electron chi connectivity index (χ4n) is 2.56. The highest BCUT2D eigenvalue weighted by Crippen LogP contribution is 2.23. The smallest absolute Gasteiger partial charge is 0.305 e. The quantitative estimate of drug-likeness (QED) is 0.728. The molecule has 0 bridgehead atoms. The Balaban J connectivity index is 2.04. The van der Waals surface area contributed by atoms with E-state index in [0.29, 0.717) is 26.2 Å². The predicted molar refractivity (Wildman–Crippen MR) is 60.6 cm³/mol. The molecule has 0 aromatic rings. The molecule has 0 spiro atoms. The van der Waals surface area contributed by atoms with Crippen LogP contribution in [0.4, 0.5) is 0 Å². The molecule has 17 heavy (non-hydrogen) atoms. The number of carbonyl (C=O) groups is 1. The fourth-order valence-corrected chi connectivity index (χ4v) is 4.31. The van der Waals surface area contributed by atoms with E-state index in [1.165, 1.54) is 0 Å². The molecule has 2 aliphatic heterocycles. The van der Waals surface area contributed by atoms with E-state index in [-0.39, 0.29) is 30.0 Å². The van der Waals surface area contributed by atoms with Gasteiger partial charge >= 0.3 is 5.97 Å². The summed E-state index contributed by atoms with van der Waals surface area (Å²) in [6.07, 6.45) is 0.620. The second-order valence-corrected chi connectivity index (χ2v) is 6.85. The molecule has 0 radical (unpaired) electrons. The minimum absolute atomic E-state index is 0.0105. The highest BCUT2D eigenvalue weighted by molar-refractivity contribution is 7.91. The van der Waals surface area contributed by atoms with Crippen LogP contribution in [0.15, 0.2) is 0 Å². The van der Waals surface area contributed by atoms with Crippen molar-refractivity contribution in [3.05, 3.63) is 0 Å². The van der Waals surface area contributed by atoms with Gasteiger partial charge in [0, 0.05) is 18.6 Å². The number of ether oxygens (including phenoxy) is 1. The van der Waals surface area contributed by atoms with Gasteiger partial charge in [-0.15, -0.1) is 0 Å². The number of sulfone groups is 1. The van der Waals surface area contributed by atoms with Crippen molar-refractivity contribution < 1.29 is 23.1 Å². The lowest BCUT2D eigenvalue weighted by molar-refractivity contribution is -0.140. The van der Waals surface area contributed by atoms with Crippen molar-refractivity contribution in [2.75, 3.05) is 31.3 Å². The average molecular weight is 263 g/mol. The van der Waals surface area contributed by atoms with Crippen molar-refractivity contribution in [2.45, 2.75) is 24.9 Å². The lowest BCUT2D eigenvalue weighted by atomic mass is 10.1. The molecule has 7 heteroatoms. The SMILES string of the molecule is O=C(O)CC1COCCN1C1CCS(=O)(=O)C1. The van der Waals surface area contributed by atoms with Crippen molar-refractivity contribution in [3.63, 3.8) is 0 Å². The van der Waals surface area contributed by atoms with Gasteiger partial charge in [0.05, 0.1) is 31.1 Å². The van der Waals surface area contributed by atoms with Crippen LogP contribution in [0.1, 0.15) is 12.8 Å². The number of hydrogen-bond donors (Lipinski definition) is 1. The van der Waals surface area contributed by atoms with E-state index in [4.69, 9.17) is 9.84 Å². The monoisotopic (exact) mass is 263 g/mol. The zero-order chi connectivity index (χ0) is 12.5. The maximum absolute atomic E-state index is 11.4. The molecule has 0 aliphatic carbocycles. The predicted octanol–water partition coefficient (Wildman–Crippen LogP) is -0.651. The molecular weight excluding hydrogens is 246 g/mol. The molecule has 0 saturated carbocycles. The highest BCUT2D eigenvalue weighted by Gasteiger charge is 2.37. The van der Waals surface area contributed by atoms with Crippen molar-refractivity contribution in [1.29, 1.82) is 0 Å². The third kappa shape index (κ3) is 3.17. The molecular formula is C10H17NO5S. The summed E-state index contributed by atoms with van der Waals surface area (Å²) in [5.41, 5.74) is 0. The van der Waals surface area contributed by atoms with Crippen molar-refractivity contribution >= 4 is 15.8 Å². The van der Waals surface area contributed by atoms with Gasteiger partial charge < -0.3 is 9.84 Å². The Kier molecular flexibility index (Phi) is 3.70. The Morgan fingerprint density at radius 2 is 2.24 bits per heavy atom. The average Bonchev–Trinajstić information content (AvgIpc) is 2.59. The van der Waals surface area contributed by atoms with Crippen LogP contribution in [0.2, 0.25) is 0 Å². The number of aliphatic carboxylic acids is 1. The topological polar surface area (TPSA) is 83.9 Å². The van der Waals surface area contributed by atoms with E-state index in [2.05, 4.69) is 0 Å². The van der Waals surface area contributed by atoms with Crippen LogP contribution in [-0.4, -0.2) is 67.7 Å². The largest absolute Gasteiger partial charge is 0.481 e. The number of carboxylic acids is 1. The molecule has 0 amide bonds. The van der Waals surface area contributed by atoms with Crippen LogP contribution >= 0.6 is 0 Å². The van der Waals surface area contributed by atoms with Crippen LogP contribution < -0.4 is 0 Å². The number of carboxylic acid groups (broad SMARTS) is 1. The molecule has 6 nitrogen and oxygen atoms in total. The molecule has 2 unspecified atom stereocenters. The molecule has 2 atom stereocenters. The Morgan fingerprint density at radius 1 is 1.47 bits per heavy atom. The maximum Gasteiger partial charge on any atom is 0.305 e. The first kappa shape index (κ1) is 12.8. The first-order valence-electron chi connectivity index (χ1n) is 5.73. The third-order valence-electron chi connectivity index (χ3n) is 3.36. The molecule has 2 aliphatic rings. The summed E-state index contributed by atoms with van der Waals surface area (Å²) in [5.74, 6) is -0.496. The van der Waals surface area contributed by atoms with Gasteiger partial charge in [-0.25, -0.2) is 8.42 Å². The van der Waals surface area contributed by atoms with E-state index < -0.39 is 15.8 Å². The number of nitrogens with zero attached hydrogens (tertiary/aromatic N) is 1. The minimum atomic E-state index is -2.93. The Labute approximate surface area is 100 Å². The van der Waals surface area contributed by atoms with Crippen LogP contribution in [-0.2, 0) is 19.4 Å². The summed E-state index contributed by atoms with van der Waals surface area (Å²) in [7, 11) is -2.93. The fraction of sp³-hybridized carbons (Fsp3) is 0.900. The van der Waals surface area contributed by atoms with Gasteiger partial charge in [0.2, 0.25) is 0 Å². The minimum Gasteiger partial charge on any atom is -0.481 e. The standard InChI is InChI=1S/C10H17NO5S/c12-10(13)5-9-6-16-3-2-11(9)8-1-4-17(14,15)7-8/h8-9H,1-7H2,(H,12,13). The van der Waals surface area contributed by atoms with E-state index >= 15 is 0 Å². The van der Waals surface area contributed by atoms with Crippen LogP contribution in [0, 0.1) is 0 Å². The van der Waals surface area contributed by atoms with Crippen LogP contribution in [0.25, 0.3) is 0 Å². The molecule has 0 aromatic heterocycles. The molecule has 2 saturated heterocycles. The van der Waals surface area contributed by atoms with Crippen LogP contribution in [0.3, 0.4) is 0 Å². The lowest BCUT2D eigenvalue weighted by Gasteiger charge is -2.38. The molecule has 0 aromatic carbocycles. The second-order valence-electron chi connectivity index (χ2n) is 4.62. The van der Waals surface area contributed by atoms with Gasteiger partial charge in [-0.1, -0.05) is 0 Å². The normalized spacial score (nSPS) is 33.6. The zero-order valence-corrected chi connectivity index (χ0v) is 10.4. The summed E-state index contributed by atoms with van der Waals surface area (Å²) in [6, 6.07) is -0.229. The summed E-state index contributed by atoms with van der Waals surface area (Å²) in [6.45, 7) is 1.55. The van der Waals surface area contributed by atoms with Gasteiger partial charge in [-0.3, -0.25) is 9.69 Å². The Morgan fingerprint density at radius 3 is 2.82 bits per heavy atom. The molecule has 98 valence electrons. The number of hydrogen-bond acceptors (Lipinski definition) is 5. The summed E-state index contributed by atoms with van der Waals surface area (Å²) in [4.78, 5) is 12.8. The Hall–Kier alpha value is -0.660. The summed E-state index contributed by atoms with van der Waals surface area (Å²) >= 11 is 0. The van der Waals surface area contributed by atoms with Gasteiger partial charge in [0.1, 0.15) is 0 Å². The molecule has 2 rings (SSSR count). The third-order valence-corrected chi connectivity index (χ3v) is 5.11. The zero-order valence-electron chi connectivity index (χ0n) is 9.54. The highest BCUT2D eigenvalue weighted by atomic mass is 32.2. The van der Waals surface area contributed by atoms with Crippen molar-refractivity contribution in [1.82, 2.24) is 4.90 Å². The van der Waals surface area contributed by atoms with Crippen LogP contribution in [0.5, 0.6) is 0 Å². The maximum atomic E-state index is 11.4. The molecule has 1 N–H and O–H groups in total. The first-order chi connectivity index (χ1) is 7.98. The van der Waals surface area contributed by atoms with E-state index in [0.717, 1.165) is 0 Å². The van der Waals surface area contributed by atoms with Gasteiger partial charge in [-0.2, -0.15) is 0 Å². The Bertz CT molecular complexity index is 394. The number of morpholine rings is 1. The summed E-state index contributed by atoms with van der Waals surface area (Å²) in [5, 5.41) is 8.83. The van der Waals surface area contributed by atoms with Gasteiger partial charge in [0.25, 0.3) is 0 Å². The van der Waals surface area contributed by atoms with Gasteiger partial charge in [-0.05, 0) is 6.42 Å². The van der Waals surface area contributed by atoms with E-state index in [9.17, 15) is 13.2 Å². The van der Waals surface area contributed by atoms with E-state index in [1.807, 2.05) is 4.90 Å². The summed E-state index contributed by atoms with van der Waals surface area (Å²) < 4.78 is 28.1. The number of rotatable bonds is 3. The second kappa shape index (κ2) is 4.91. The van der Waals surface area contributed by atoms with E-state index in [1.54, 1.807) is 0 Å². The molecule has 2 heterocycles. The lowest BCUT2D eigenvalue weighted by Crippen LogP contribution is -2.51.